The second kappa shape index (κ2) is 56.3. The van der Waals surface area contributed by atoms with Crippen LogP contribution in [0.25, 0.3) is 0 Å². The fourth-order valence-electron chi connectivity index (χ4n) is 9.66. The van der Waals surface area contributed by atoms with Crippen molar-refractivity contribution in [1.82, 2.24) is 0 Å². The molecule has 0 fully saturated rings. The zero-order valence-corrected chi connectivity index (χ0v) is 56.1. The van der Waals surface area contributed by atoms with Crippen LogP contribution in [0.4, 0.5) is 0 Å². The second-order valence-corrected chi connectivity index (χ2v) is 27.8. The van der Waals surface area contributed by atoms with E-state index in [2.05, 4.69) is 48.5 Å². The molecule has 0 saturated carbocycles. The predicted octanol–water partition coefficient (Wildman–Crippen LogP) is 17.9. The van der Waals surface area contributed by atoms with Crippen LogP contribution in [0.5, 0.6) is 0 Å². The minimum absolute atomic E-state index is 0.101. The Morgan fingerprint density at radius 1 is 0.321 bits per heavy atom. The summed E-state index contributed by atoms with van der Waals surface area (Å²) in [5.74, 6) is -0.0247. The lowest BCUT2D eigenvalue weighted by atomic mass is 10.0. The van der Waals surface area contributed by atoms with Gasteiger partial charge in [-0.05, 0) is 43.4 Å². The van der Waals surface area contributed by atoms with E-state index in [0.29, 0.717) is 37.5 Å². The number of carbonyl (C=O) groups is 4. The highest BCUT2D eigenvalue weighted by Crippen LogP contribution is 2.45. The lowest BCUT2D eigenvalue weighted by molar-refractivity contribution is -0.161. The van der Waals surface area contributed by atoms with Gasteiger partial charge in [-0.3, -0.25) is 37.3 Å². The van der Waals surface area contributed by atoms with Crippen LogP contribution in [-0.4, -0.2) is 96.7 Å². The molecule has 0 spiro atoms. The van der Waals surface area contributed by atoms with Gasteiger partial charge < -0.3 is 33.8 Å². The molecule has 0 radical (unpaired) electrons. The molecular weight excluding hydrogens is 1110 g/mol. The molecule has 0 aromatic carbocycles. The van der Waals surface area contributed by atoms with Gasteiger partial charge in [-0.2, -0.15) is 0 Å². The fourth-order valence-corrected chi connectivity index (χ4v) is 11.2. The SMILES string of the molecule is CCCCCCCCCCCCCCC(=O)OC[C@H](COP(=O)(O)OC[C@@H](O)COP(=O)(O)OC[C@@H](COC(=O)CCCCCCCCC(C)C)OC(=O)CCCCCCCCC(C)C)OC(=O)CCCCCCCCCCCCCC(C)C. The van der Waals surface area contributed by atoms with Gasteiger partial charge in [0.1, 0.15) is 19.3 Å². The number of esters is 4. The third-order valence-electron chi connectivity index (χ3n) is 14.9. The van der Waals surface area contributed by atoms with Crippen molar-refractivity contribution >= 4 is 39.5 Å². The number of phosphoric acid groups is 2. The zero-order chi connectivity index (χ0) is 62.4. The molecule has 0 aromatic rings. The first-order valence-electron chi connectivity index (χ1n) is 33.8. The highest BCUT2D eigenvalue weighted by Gasteiger charge is 2.30. The van der Waals surface area contributed by atoms with E-state index in [1.54, 1.807) is 0 Å². The first kappa shape index (κ1) is 82.1. The molecule has 0 amide bonds. The molecule has 0 aromatic heterocycles. The highest BCUT2D eigenvalue weighted by atomic mass is 31.2. The monoisotopic (exact) mass is 1240 g/mol. The van der Waals surface area contributed by atoms with Gasteiger partial charge in [0.15, 0.2) is 12.2 Å². The molecule has 0 aliphatic carbocycles. The van der Waals surface area contributed by atoms with Gasteiger partial charge in [0.2, 0.25) is 0 Å². The summed E-state index contributed by atoms with van der Waals surface area (Å²) in [6.07, 6.45) is 37.8. The third kappa shape index (κ3) is 59.0. The van der Waals surface area contributed by atoms with Gasteiger partial charge in [0.05, 0.1) is 26.4 Å². The standard InChI is InChI=1S/C65H126O17P2/c1-8-9-10-11-12-13-14-17-20-23-32-39-46-62(67)75-52-60(81-64(69)48-41-34-24-21-18-15-16-19-22-29-36-43-56(2)3)54-79-83(71,72)77-50-59(66)51-78-84(73,74)80-55-61(82-65(70)49-42-35-28-26-31-38-45-58(6)7)53-76-63(68)47-40-33-27-25-30-37-44-57(4)5/h56-61,66H,8-55H2,1-7H3,(H,71,72)(H,73,74)/t59-,60-,61-/m1/s1. The topological polar surface area (TPSA) is 237 Å². The third-order valence-corrected chi connectivity index (χ3v) is 16.8. The summed E-state index contributed by atoms with van der Waals surface area (Å²) in [5.41, 5.74) is 0. The molecule has 0 aliphatic heterocycles. The van der Waals surface area contributed by atoms with E-state index in [0.717, 1.165) is 102 Å². The predicted molar refractivity (Wildman–Crippen MR) is 335 cm³/mol. The Morgan fingerprint density at radius 2 is 0.548 bits per heavy atom. The van der Waals surface area contributed by atoms with Crippen molar-refractivity contribution in [1.29, 1.82) is 0 Å². The number of phosphoric ester groups is 2. The molecule has 3 N–H and O–H groups in total. The maximum atomic E-state index is 13.0. The van der Waals surface area contributed by atoms with Crippen LogP contribution in [0.1, 0.15) is 318 Å². The number of unbranched alkanes of at least 4 members (excludes halogenated alkanes) is 31. The molecule has 17 nitrogen and oxygen atoms in total. The number of aliphatic hydroxyl groups is 1. The second-order valence-electron chi connectivity index (χ2n) is 24.9. The van der Waals surface area contributed by atoms with E-state index >= 15 is 0 Å². The molecule has 19 heteroatoms. The summed E-state index contributed by atoms with van der Waals surface area (Å²) in [4.78, 5) is 72.2. The molecule has 0 saturated heterocycles. The summed E-state index contributed by atoms with van der Waals surface area (Å²) in [6.45, 7) is 11.6. The van der Waals surface area contributed by atoms with Crippen molar-refractivity contribution in [2.45, 2.75) is 336 Å². The first-order chi connectivity index (χ1) is 40.2. The van der Waals surface area contributed by atoms with Gasteiger partial charge in [0, 0.05) is 25.7 Å². The molecule has 498 valence electrons. The van der Waals surface area contributed by atoms with Gasteiger partial charge in [-0.15, -0.1) is 0 Å². The number of rotatable bonds is 63. The fraction of sp³-hybridized carbons (Fsp3) is 0.938. The molecular formula is C65H126O17P2. The van der Waals surface area contributed by atoms with Gasteiger partial charge in [-0.25, -0.2) is 9.13 Å². The number of hydrogen-bond acceptors (Lipinski definition) is 15. The van der Waals surface area contributed by atoms with E-state index in [-0.39, 0.29) is 25.7 Å². The Morgan fingerprint density at radius 3 is 0.810 bits per heavy atom. The lowest BCUT2D eigenvalue weighted by Gasteiger charge is -2.21. The maximum Gasteiger partial charge on any atom is 0.472 e. The average molecular weight is 1240 g/mol. The van der Waals surface area contributed by atoms with Crippen LogP contribution < -0.4 is 0 Å². The zero-order valence-electron chi connectivity index (χ0n) is 54.4. The van der Waals surface area contributed by atoms with Crippen LogP contribution in [0.3, 0.4) is 0 Å². The molecule has 2 unspecified atom stereocenters. The Balaban J connectivity index is 5.24. The van der Waals surface area contributed by atoms with Crippen molar-refractivity contribution in [3.8, 4) is 0 Å². The molecule has 0 bridgehead atoms. The molecule has 84 heavy (non-hydrogen) atoms. The number of carbonyl (C=O) groups excluding carboxylic acids is 4. The van der Waals surface area contributed by atoms with E-state index in [4.69, 9.17) is 37.0 Å². The van der Waals surface area contributed by atoms with E-state index in [9.17, 15) is 43.2 Å². The lowest BCUT2D eigenvalue weighted by Crippen LogP contribution is -2.30. The largest absolute Gasteiger partial charge is 0.472 e. The smallest absolute Gasteiger partial charge is 0.462 e. The van der Waals surface area contributed by atoms with Crippen molar-refractivity contribution in [3.05, 3.63) is 0 Å². The van der Waals surface area contributed by atoms with E-state index in [1.807, 2.05) is 0 Å². The van der Waals surface area contributed by atoms with E-state index < -0.39 is 97.5 Å². The summed E-state index contributed by atoms with van der Waals surface area (Å²) in [6, 6.07) is 0. The van der Waals surface area contributed by atoms with Gasteiger partial charge in [0.25, 0.3) is 0 Å². The van der Waals surface area contributed by atoms with Crippen molar-refractivity contribution in [3.63, 3.8) is 0 Å². The van der Waals surface area contributed by atoms with Crippen molar-refractivity contribution in [2.24, 2.45) is 17.8 Å². The molecule has 0 aliphatic rings. The van der Waals surface area contributed by atoms with Crippen LogP contribution >= 0.6 is 15.6 Å². The Labute approximate surface area is 511 Å². The van der Waals surface area contributed by atoms with Crippen LogP contribution in [0.2, 0.25) is 0 Å². The van der Waals surface area contributed by atoms with Crippen molar-refractivity contribution in [2.75, 3.05) is 39.6 Å². The number of aliphatic hydroxyl groups excluding tert-OH is 1. The minimum atomic E-state index is -4.95. The molecule has 0 rings (SSSR count). The average Bonchev–Trinajstić information content (AvgIpc) is 3.48. The normalized spacial score (nSPS) is 14.3. The maximum absolute atomic E-state index is 13.0. The quantitative estimate of drug-likeness (QED) is 0.0222. The summed E-state index contributed by atoms with van der Waals surface area (Å²) in [7, 11) is -9.89. The highest BCUT2D eigenvalue weighted by molar-refractivity contribution is 7.47. The minimum Gasteiger partial charge on any atom is -0.462 e. The Bertz CT molecular complexity index is 1660. The number of hydrogen-bond donors (Lipinski definition) is 3. The molecule has 5 atom stereocenters. The van der Waals surface area contributed by atoms with Crippen LogP contribution in [-0.2, 0) is 65.4 Å². The van der Waals surface area contributed by atoms with Crippen molar-refractivity contribution < 1.29 is 80.2 Å². The Hall–Kier alpha value is -1.94. The molecule has 0 heterocycles. The van der Waals surface area contributed by atoms with Gasteiger partial charge in [-0.1, -0.05) is 267 Å². The summed E-state index contributed by atoms with van der Waals surface area (Å²) in [5, 5.41) is 10.5. The summed E-state index contributed by atoms with van der Waals surface area (Å²) >= 11 is 0. The van der Waals surface area contributed by atoms with Crippen LogP contribution in [0, 0.1) is 17.8 Å². The summed E-state index contributed by atoms with van der Waals surface area (Å²) < 4.78 is 68.0. The number of ether oxygens (including phenoxy) is 4. The first-order valence-corrected chi connectivity index (χ1v) is 36.8. The Kier molecular flexibility index (Phi) is 55.0. The van der Waals surface area contributed by atoms with Crippen LogP contribution in [0.15, 0.2) is 0 Å². The van der Waals surface area contributed by atoms with Gasteiger partial charge >= 0.3 is 39.5 Å². The van der Waals surface area contributed by atoms with E-state index in [1.165, 1.54) is 122 Å².